The zero-order chi connectivity index (χ0) is 13.1. The zero-order valence-corrected chi connectivity index (χ0v) is 10.1. The molecule has 1 fully saturated rings. The van der Waals surface area contributed by atoms with Crippen molar-refractivity contribution in [2.24, 2.45) is 5.73 Å². The maximum absolute atomic E-state index is 12.3. The summed E-state index contributed by atoms with van der Waals surface area (Å²) in [5.74, 6) is 0. The van der Waals surface area contributed by atoms with Gasteiger partial charge in [-0.05, 0) is 12.8 Å². The van der Waals surface area contributed by atoms with Gasteiger partial charge in [-0.1, -0.05) is 0 Å². The fourth-order valence-corrected chi connectivity index (χ4v) is 3.39. The van der Waals surface area contributed by atoms with E-state index >= 15 is 0 Å². The lowest BCUT2D eigenvalue weighted by Crippen LogP contribution is -2.48. The molecular formula is C8H16F3N3O2S. The molecule has 0 amide bonds. The molecule has 1 saturated heterocycles. The van der Waals surface area contributed by atoms with Crippen LogP contribution in [0.5, 0.6) is 0 Å². The van der Waals surface area contributed by atoms with Crippen molar-refractivity contribution in [3.8, 4) is 0 Å². The predicted molar refractivity (Wildman–Crippen MR) is 56.4 cm³/mol. The Morgan fingerprint density at radius 1 is 1.24 bits per heavy atom. The highest BCUT2D eigenvalue weighted by Crippen LogP contribution is 2.22. The fourth-order valence-electron chi connectivity index (χ4n) is 1.70. The second-order valence-electron chi connectivity index (χ2n) is 3.85. The molecule has 0 aromatic rings. The molecule has 102 valence electrons. The van der Waals surface area contributed by atoms with Crippen LogP contribution in [0.3, 0.4) is 0 Å². The fraction of sp³-hybridized carbons (Fsp3) is 1.00. The van der Waals surface area contributed by atoms with Crippen molar-refractivity contribution >= 4 is 10.2 Å². The first-order valence-corrected chi connectivity index (χ1v) is 6.69. The quantitative estimate of drug-likeness (QED) is 0.776. The molecule has 0 saturated carbocycles. The van der Waals surface area contributed by atoms with E-state index < -0.39 is 22.9 Å². The van der Waals surface area contributed by atoms with E-state index in [0.29, 0.717) is 17.1 Å². The van der Waals surface area contributed by atoms with Gasteiger partial charge in [-0.25, -0.2) is 0 Å². The summed E-state index contributed by atoms with van der Waals surface area (Å²) in [5, 5.41) is 0. The molecule has 5 nitrogen and oxygen atoms in total. The Morgan fingerprint density at radius 2 is 1.76 bits per heavy atom. The Balaban J connectivity index is 2.81. The van der Waals surface area contributed by atoms with Gasteiger partial charge in [-0.3, -0.25) is 0 Å². The van der Waals surface area contributed by atoms with Crippen LogP contribution in [0.1, 0.15) is 12.8 Å². The van der Waals surface area contributed by atoms with Crippen LogP contribution in [0.4, 0.5) is 13.2 Å². The molecule has 0 radical (unpaired) electrons. The summed E-state index contributed by atoms with van der Waals surface area (Å²) < 4.78 is 62.1. The molecule has 2 N–H and O–H groups in total. The highest BCUT2D eigenvalue weighted by atomic mass is 32.2. The third-order valence-electron chi connectivity index (χ3n) is 2.45. The van der Waals surface area contributed by atoms with Crippen molar-refractivity contribution in [1.29, 1.82) is 0 Å². The molecule has 0 unspecified atom stereocenters. The lowest BCUT2D eigenvalue weighted by molar-refractivity contribution is -0.136. The van der Waals surface area contributed by atoms with Crippen LogP contribution in [-0.4, -0.2) is 55.9 Å². The predicted octanol–water partition coefficient (Wildman–Crippen LogP) is 0.150. The Bertz CT molecular complexity index is 338. The second-order valence-corrected chi connectivity index (χ2v) is 5.78. The molecule has 1 aliphatic rings. The highest BCUT2D eigenvalue weighted by molar-refractivity contribution is 7.86. The van der Waals surface area contributed by atoms with Gasteiger partial charge < -0.3 is 5.73 Å². The van der Waals surface area contributed by atoms with Crippen LogP contribution in [-0.2, 0) is 10.2 Å². The summed E-state index contributed by atoms with van der Waals surface area (Å²) in [7, 11) is -4.03. The monoisotopic (exact) mass is 275 g/mol. The maximum Gasteiger partial charge on any atom is 0.402 e. The van der Waals surface area contributed by atoms with Crippen LogP contribution in [0.2, 0.25) is 0 Å². The van der Waals surface area contributed by atoms with Crippen LogP contribution in [0.15, 0.2) is 0 Å². The Hall–Kier alpha value is -0.380. The molecule has 0 spiro atoms. The summed E-state index contributed by atoms with van der Waals surface area (Å²) in [6.45, 7) is -1.38. The first kappa shape index (κ1) is 14.7. The van der Waals surface area contributed by atoms with Gasteiger partial charge >= 0.3 is 6.18 Å². The van der Waals surface area contributed by atoms with Gasteiger partial charge in [0, 0.05) is 26.2 Å². The zero-order valence-electron chi connectivity index (χ0n) is 9.28. The van der Waals surface area contributed by atoms with Crippen molar-refractivity contribution in [3.05, 3.63) is 0 Å². The SMILES string of the molecule is NCCN(CC(F)(F)F)S(=O)(=O)N1CCCC1. The molecule has 0 bridgehead atoms. The van der Waals surface area contributed by atoms with Gasteiger partial charge in [0.1, 0.15) is 6.54 Å². The van der Waals surface area contributed by atoms with E-state index in [4.69, 9.17) is 5.73 Å². The minimum Gasteiger partial charge on any atom is -0.329 e. The number of hydrogen-bond acceptors (Lipinski definition) is 3. The number of rotatable bonds is 5. The summed E-state index contributed by atoms with van der Waals surface area (Å²) in [5.41, 5.74) is 5.15. The van der Waals surface area contributed by atoms with Crippen molar-refractivity contribution in [2.45, 2.75) is 19.0 Å². The number of halogens is 3. The van der Waals surface area contributed by atoms with Crippen LogP contribution < -0.4 is 5.73 Å². The van der Waals surface area contributed by atoms with Gasteiger partial charge in [0.15, 0.2) is 0 Å². The molecule has 1 rings (SSSR count). The number of nitrogens with zero attached hydrogens (tertiary/aromatic N) is 2. The van der Waals surface area contributed by atoms with E-state index in [1.165, 1.54) is 0 Å². The topological polar surface area (TPSA) is 66.6 Å². The summed E-state index contributed by atoms with van der Waals surface area (Å²) in [6, 6.07) is 0. The lowest BCUT2D eigenvalue weighted by Gasteiger charge is -2.27. The van der Waals surface area contributed by atoms with Crippen molar-refractivity contribution in [2.75, 3.05) is 32.7 Å². The Morgan fingerprint density at radius 3 is 2.18 bits per heavy atom. The molecule has 1 heterocycles. The van der Waals surface area contributed by atoms with Gasteiger partial charge in [-0.15, -0.1) is 0 Å². The van der Waals surface area contributed by atoms with E-state index in [2.05, 4.69) is 0 Å². The van der Waals surface area contributed by atoms with Crippen LogP contribution in [0.25, 0.3) is 0 Å². The van der Waals surface area contributed by atoms with Crippen molar-refractivity contribution < 1.29 is 21.6 Å². The molecule has 0 aromatic heterocycles. The Labute approximate surface area is 98.5 Å². The lowest BCUT2D eigenvalue weighted by atomic mass is 10.4. The van der Waals surface area contributed by atoms with Crippen LogP contribution >= 0.6 is 0 Å². The van der Waals surface area contributed by atoms with Gasteiger partial charge in [-0.2, -0.15) is 30.2 Å². The normalized spacial score (nSPS) is 19.1. The second kappa shape index (κ2) is 5.51. The molecule has 1 aliphatic heterocycles. The first-order chi connectivity index (χ1) is 7.77. The summed E-state index contributed by atoms with van der Waals surface area (Å²) in [6.07, 6.45) is -3.19. The van der Waals surface area contributed by atoms with E-state index in [9.17, 15) is 21.6 Å². The molecule has 17 heavy (non-hydrogen) atoms. The third kappa shape index (κ3) is 4.09. The smallest absolute Gasteiger partial charge is 0.329 e. The van der Waals surface area contributed by atoms with E-state index in [-0.39, 0.29) is 26.2 Å². The number of hydrogen-bond donors (Lipinski definition) is 1. The minimum atomic E-state index is -4.55. The van der Waals surface area contributed by atoms with Crippen molar-refractivity contribution in [3.63, 3.8) is 0 Å². The van der Waals surface area contributed by atoms with Gasteiger partial charge in [0.25, 0.3) is 10.2 Å². The van der Waals surface area contributed by atoms with Crippen molar-refractivity contribution in [1.82, 2.24) is 8.61 Å². The summed E-state index contributed by atoms with van der Waals surface area (Å²) >= 11 is 0. The average Bonchev–Trinajstić information content (AvgIpc) is 2.68. The molecular weight excluding hydrogens is 259 g/mol. The van der Waals surface area contributed by atoms with Gasteiger partial charge in [0.2, 0.25) is 0 Å². The number of alkyl halides is 3. The van der Waals surface area contributed by atoms with Crippen LogP contribution in [0, 0.1) is 0 Å². The standard InChI is InChI=1S/C8H16F3N3O2S/c9-8(10,11)7-14(6-3-12)17(15,16)13-4-1-2-5-13/h1-7,12H2. The molecule has 0 aliphatic carbocycles. The third-order valence-corrected chi connectivity index (χ3v) is 4.43. The molecule has 0 atom stereocenters. The molecule has 9 heteroatoms. The van der Waals surface area contributed by atoms with E-state index in [0.717, 1.165) is 4.31 Å². The summed E-state index contributed by atoms with van der Waals surface area (Å²) in [4.78, 5) is 0. The van der Waals surface area contributed by atoms with Gasteiger partial charge in [0.05, 0.1) is 0 Å². The minimum absolute atomic E-state index is 0.136. The number of nitrogens with two attached hydrogens (primary N) is 1. The maximum atomic E-state index is 12.3. The molecule has 0 aromatic carbocycles. The van der Waals surface area contributed by atoms with E-state index in [1.54, 1.807) is 0 Å². The Kier molecular flexibility index (Phi) is 4.76. The van der Waals surface area contributed by atoms with E-state index in [1.807, 2.05) is 0 Å². The highest BCUT2D eigenvalue weighted by Gasteiger charge is 2.39. The average molecular weight is 275 g/mol. The largest absolute Gasteiger partial charge is 0.402 e. The first-order valence-electron chi connectivity index (χ1n) is 5.29.